The fourth-order valence-electron chi connectivity index (χ4n) is 3.79. The highest BCUT2D eigenvalue weighted by molar-refractivity contribution is 7.17. The molecule has 2 heterocycles. The lowest BCUT2D eigenvalue weighted by atomic mass is 9.89. The summed E-state index contributed by atoms with van der Waals surface area (Å²) in [5.41, 5.74) is 0.713. The molecule has 1 aliphatic rings. The zero-order valence-corrected chi connectivity index (χ0v) is 17.3. The standard InChI is InChI=1S/C21H21N3O5S/c1-13-5-7-16(8-6-13)29-18(25)10-23-12-22-20-19(21(23)26)17(11-30-20)14-3-2-4-15(9-14)24(27)28/h2-4,9,11-13,16H,5-8,10H2,1H3. The van der Waals surface area contributed by atoms with E-state index in [-0.39, 0.29) is 23.9 Å². The number of esters is 1. The van der Waals surface area contributed by atoms with E-state index >= 15 is 0 Å². The molecule has 0 aliphatic heterocycles. The second-order valence-electron chi connectivity index (χ2n) is 7.69. The number of nitrogens with zero attached hydrogens (tertiary/aromatic N) is 3. The summed E-state index contributed by atoms with van der Waals surface area (Å²) in [6.07, 6.45) is 5.02. The number of nitro benzene ring substituents is 1. The third kappa shape index (κ3) is 4.11. The molecular formula is C21H21N3O5S. The molecule has 30 heavy (non-hydrogen) atoms. The summed E-state index contributed by atoms with van der Waals surface area (Å²) in [5.74, 6) is 0.199. The maximum Gasteiger partial charge on any atom is 0.326 e. The van der Waals surface area contributed by atoms with Crippen molar-refractivity contribution in [2.45, 2.75) is 45.3 Å². The molecule has 9 heteroatoms. The van der Waals surface area contributed by atoms with Crippen molar-refractivity contribution in [2.24, 2.45) is 5.92 Å². The van der Waals surface area contributed by atoms with Gasteiger partial charge in [-0.1, -0.05) is 19.1 Å². The van der Waals surface area contributed by atoms with Crippen molar-refractivity contribution < 1.29 is 14.5 Å². The van der Waals surface area contributed by atoms with E-state index in [1.54, 1.807) is 17.5 Å². The number of non-ortho nitro benzene ring substituents is 1. The Morgan fingerprint density at radius 2 is 2.10 bits per heavy atom. The van der Waals surface area contributed by atoms with Crippen LogP contribution in [0.25, 0.3) is 21.3 Å². The molecule has 1 aromatic carbocycles. The van der Waals surface area contributed by atoms with Crippen LogP contribution in [-0.2, 0) is 16.1 Å². The normalized spacial score (nSPS) is 19.0. The van der Waals surface area contributed by atoms with Crippen LogP contribution < -0.4 is 5.56 Å². The van der Waals surface area contributed by atoms with E-state index in [1.165, 1.54) is 34.4 Å². The molecule has 0 N–H and O–H groups in total. The SMILES string of the molecule is CC1CCC(OC(=O)Cn2cnc3scc(-c4cccc([N+](=O)[O-])c4)c3c2=O)CC1. The zero-order chi connectivity index (χ0) is 21.3. The number of benzene rings is 1. The molecule has 3 aromatic rings. The Bertz CT molecular complexity index is 1160. The summed E-state index contributed by atoms with van der Waals surface area (Å²) < 4.78 is 6.79. The number of carbonyl (C=O) groups excluding carboxylic acids is 1. The van der Waals surface area contributed by atoms with Gasteiger partial charge in [-0.05, 0) is 37.2 Å². The number of hydrogen-bond acceptors (Lipinski definition) is 7. The third-order valence-corrected chi connectivity index (χ3v) is 6.38. The summed E-state index contributed by atoms with van der Waals surface area (Å²) in [6.45, 7) is 1.98. The molecule has 0 unspecified atom stereocenters. The molecule has 156 valence electrons. The van der Waals surface area contributed by atoms with Crippen LogP contribution in [0.15, 0.2) is 40.8 Å². The van der Waals surface area contributed by atoms with Crippen molar-refractivity contribution in [3.05, 3.63) is 56.4 Å². The van der Waals surface area contributed by atoms with Crippen LogP contribution in [0.5, 0.6) is 0 Å². The first-order valence-corrected chi connectivity index (χ1v) is 10.7. The van der Waals surface area contributed by atoms with Crippen molar-refractivity contribution in [3.8, 4) is 11.1 Å². The fourth-order valence-corrected chi connectivity index (χ4v) is 4.70. The summed E-state index contributed by atoms with van der Waals surface area (Å²) in [4.78, 5) is 40.9. The van der Waals surface area contributed by atoms with E-state index in [9.17, 15) is 19.7 Å². The summed E-state index contributed by atoms with van der Waals surface area (Å²) in [5, 5.41) is 13.2. The van der Waals surface area contributed by atoms with E-state index in [2.05, 4.69) is 11.9 Å². The number of hydrogen-bond donors (Lipinski definition) is 0. The van der Waals surface area contributed by atoms with E-state index in [0.29, 0.717) is 27.3 Å². The predicted molar refractivity (Wildman–Crippen MR) is 113 cm³/mol. The number of aromatic nitrogens is 2. The van der Waals surface area contributed by atoms with Gasteiger partial charge in [-0.2, -0.15) is 0 Å². The molecule has 1 fully saturated rings. The van der Waals surface area contributed by atoms with Crippen LogP contribution in [0.3, 0.4) is 0 Å². The number of fused-ring (bicyclic) bond motifs is 1. The van der Waals surface area contributed by atoms with E-state index in [0.717, 1.165) is 25.7 Å². The molecule has 4 rings (SSSR count). The van der Waals surface area contributed by atoms with Crippen LogP contribution in [-0.4, -0.2) is 26.5 Å². The topological polar surface area (TPSA) is 104 Å². The smallest absolute Gasteiger partial charge is 0.326 e. The van der Waals surface area contributed by atoms with Crippen LogP contribution in [0.2, 0.25) is 0 Å². The second kappa shape index (κ2) is 8.35. The number of carbonyl (C=O) groups is 1. The number of thiophene rings is 1. The Morgan fingerprint density at radius 3 is 2.83 bits per heavy atom. The highest BCUT2D eigenvalue weighted by atomic mass is 32.1. The third-order valence-electron chi connectivity index (χ3n) is 5.49. The monoisotopic (exact) mass is 427 g/mol. The number of nitro groups is 1. The largest absolute Gasteiger partial charge is 0.461 e. The lowest BCUT2D eigenvalue weighted by molar-refractivity contribution is -0.384. The van der Waals surface area contributed by atoms with Gasteiger partial charge in [-0.3, -0.25) is 24.3 Å². The highest BCUT2D eigenvalue weighted by Gasteiger charge is 2.22. The average Bonchev–Trinajstić information content (AvgIpc) is 3.17. The van der Waals surface area contributed by atoms with E-state index in [4.69, 9.17) is 4.74 Å². The predicted octanol–water partition coefficient (Wildman–Crippen LogP) is 4.16. The van der Waals surface area contributed by atoms with Crippen molar-refractivity contribution in [3.63, 3.8) is 0 Å². The second-order valence-corrected chi connectivity index (χ2v) is 8.54. The minimum atomic E-state index is -0.476. The van der Waals surface area contributed by atoms with Gasteiger partial charge in [-0.15, -0.1) is 11.3 Å². The van der Waals surface area contributed by atoms with Crippen LogP contribution in [0.1, 0.15) is 32.6 Å². The number of ether oxygens (including phenoxy) is 1. The summed E-state index contributed by atoms with van der Waals surface area (Å²) >= 11 is 1.28. The molecule has 1 aliphatic carbocycles. The van der Waals surface area contributed by atoms with Gasteiger partial charge in [-0.25, -0.2) is 4.98 Å². The van der Waals surface area contributed by atoms with E-state index in [1.807, 2.05) is 0 Å². The van der Waals surface area contributed by atoms with Crippen molar-refractivity contribution >= 4 is 33.2 Å². The van der Waals surface area contributed by atoms with E-state index < -0.39 is 10.9 Å². The maximum atomic E-state index is 13.1. The van der Waals surface area contributed by atoms with Gasteiger partial charge in [0.1, 0.15) is 17.5 Å². The van der Waals surface area contributed by atoms with Gasteiger partial charge in [0.05, 0.1) is 16.6 Å². The van der Waals surface area contributed by atoms with Crippen LogP contribution in [0.4, 0.5) is 5.69 Å². The first-order valence-electron chi connectivity index (χ1n) is 9.83. The molecule has 8 nitrogen and oxygen atoms in total. The Balaban J connectivity index is 1.60. The average molecular weight is 427 g/mol. The minimum absolute atomic E-state index is 0.0542. The zero-order valence-electron chi connectivity index (χ0n) is 16.4. The molecular weight excluding hydrogens is 406 g/mol. The Labute approximate surface area is 176 Å². The van der Waals surface area contributed by atoms with Gasteiger partial charge >= 0.3 is 5.97 Å². The van der Waals surface area contributed by atoms with Crippen LogP contribution >= 0.6 is 11.3 Å². The quantitative estimate of drug-likeness (QED) is 0.344. The molecule has 0 bridgehead atoms. The Kier molecular flexibility index (Phi) is 5.63. The van der Waals surface area contributed by atoms with Gasteiger partial charge in [0.2, 0.25) is 0 Å². The molecule has 0 radical (unpaired) electrons. The van der Waals surface area contributed by atoms with Gasteiger partial charge in [0, 0.05) is 23.1 Å². The lowest BCUT2D eigenvalue weighted by Crippen LogP contribution is -2.29. The fraction of sp³-hybridized carbons (Fsp3) is 0.381. The number of rotatable bonds is 5. The first kappa shape index (κ1) is 20.2. The molecule has 0 saturated heterocycles. The molecule has 0 amide bonds. The molecule has 0 atom stereocenters. The van der Waals surface area contributed by atoms with Crippen LogP contribution in [0, 0.1) is 16.0 Å². The van der Waals surface area contributed by atoms with Gasteiger partial charge in [0.25, 0.3) is 11.2 Å². The Hall–Kier alpha value is -3.07. The minimum Gasteiger partial charge on any atom is -0.461 e. The van der Waals surface area contributed by atoms with Crippen molar-refractivity contribution in [1.82, 2.24) is 9.55 Å². The van der Waals surface area contributed by atoms with Crippen molar-refractivity contribution in [1.29, 1.82) is 0 Å². The summed E-state index contributed by atoms with van der Waals surface area (Å²) in [7, 11) is 0. The van der Waals surface area contributed by atoms with Gasteiger partial charge in [0.15, 0.2) is 0 Å². The van der Waals surface area contributed by atoms with Gasteiger partial charge < -0.3 is 4.74 Å². The maximum absolute atomic E-state index is 13.1. The molecule has 1 saturated carbocycles. The lowest BCUT2D eigenvalue weighted by Gasteiger charge is -2.26. The summed E-state index contributed by atoms with van der Waals surface area (Å²) in [6, 6.07) is 6.12. The van der Waals surface area contributed by atoms with Crippen molar-refractivity contribution in [2.75, 3.05) is 0 Å². The Morgan fingerprint density at radius 1 is 1.33 bits per heavy atom. The molecule has 2 aromatic heterocycles. The highest BCUT2D eigenvalue weighted by Crippen LogP contribution is 2.32. The molecule has 0 spiro atoms. The first-order chi connectivity index (χ1) is 14.4.